The molecule has 0 radical (unpaired) electrons. The number of nitriles is 1. The molecule has 6 aromatic heterocycles. The Kier molecular flexibility index (Phi) is 40.7. The van der Waals surface area contributed by atoms with Gasteiger partial charge in [0.05, 0.1) is 214 Å². The molecule has 0 bridgehead atoms. The van der Waals surface area contributed by atoms with Crippen molar-refractivity contribution in [1.29, 1.82) is 5.26 Å². The van der Waals surface area contributed by atoms with Gasteiger partial charge in [-0.2, -0.15) is 5.26 Å². The van der Waals surface area contributed by atoms with E-state index < -0.39 is 0 Å². The van der Waals surface area contributed by atoms with Crippen molar-refractivity contribution in [2.75, 3.05) is 142 Å². The summed E-state index contributed by atoms with van der Waals surface area (Å²) in [4.78, 5) is 37.5. The summed E-state index contributed by atoms with van der Waals surface area (Å²) in [6.45, 7) is 28.1. The standard InChI is InChI=1S/C38H52N2O4S2.C26H28N2O4S2.C24H23N3O4S.C24H30N2O4S/c1-9-11-13-15-19-27-35(33-29(41-7)21-17-23-31(33)43-25(3)4)45-37(39-27)38-40-28(20-16-14-12-10-2)36(46-38)34-30(42-8)22-18-24-32(34)44-26(5)6;1-15(2)31-19-11-7-9-17(29-5)23(19)21-13-27-25(33-21)26-28-14-22(34-26)24-18(30-6)10-8-12-20(24)32-16(3)4;1-26-15-10-19(30-6)22(20(11-15)31-7)21-12-16(27(2)3)24(32-21)23-17(28-4)8-14(13-25)9-18(23)29-5;1-25(2)15-11-17(27-5)23(18(12-15)28-6)21-9-10-22(31-21)24-19(29-7)13-16(26(3)4)14-20(24)30-8/h17-18,21-26H,9-16,19-20H2,1-8H3;7-16H,1-6H3;8-12H,2-7H3;9-14H,1-8H3. The average molecular weight is 2050 g/mol. The predicted molar refractivity (Wildman–Crippen MR) is 590 cm³/mol. The maximum absolute atomic E-state index is 9.38. The third-order valence-electron chi connectivity index (χ3n) is 22.6. The summed E-state index contributed by atoms with van der Waals surface area (Å²) in [5.41, 5.74) is 13.1. The molecule has 143 heavy (non-hydrogen) atoms. The molecular weight excluding hydrogens is 1920 g/mol. The van der Waals surface area contributed by atoms with E-state index in [4.69, 9.17) is 92.3 Å². The van der Waals surface area contributed by atoms with Crippen LogP contribution in [0.3, 0.4) is 0 Å². The van der Waals surface area contributed by atoms with E-state index in [1.165, 1.54) is 49.9 Å². The van der Waals surface area contributed by atoms with Gasteiger partial charge in [-0.15, -0.1) is 68.0 Å². The molecule has 6 heterocycles. The molecule has 0 aliphatic carbocycles. The van der Waals surface area contributed by atoms with Crippen LogP contribution in [0.1, 0.15) is 138 Å². The number of ether oxygens (including phenoxy) is 16. The minimum atomic E-state index is 0.0335. The van der Waals surface area contributed by atoms with Gasteiger partial charge in [0, 0.05) is 105 Å². The van der Waals surface area contributed by atoms with Crippen molar-refractivity contribution in [1.82, 2.24) is 19.9 Å². The second-order valence-electron chi connectivity index (χ2n) is 34.6. The number of hydrogen-bond donors (Lipinski definition) is 0. The highest BCUT2D eigenvalue weighted by atomic mass is 32.1. The van der Waals surface area contributed by atoms with E-state index in [1.807, 2.05) is 200 Å². The van der Waals surface area contributed by atoms with Crippen molar-refractivity contribution >= 4 is 90.8 Å². The van der Waals surface area contributed by atoms with Crippen molar-refractivity contribution in [2.24, 2.45) is 0 Å². The molecule has 758 valence electrons. The molecule has 0 aliphatic rings. The van der Waals surface area contributed by atoms with Crippen molar-refractivity contribution in [3.8, 4) is 202 Å². The number of methoxy groups -OCH3 is 12. The number of unbranched alkanes of at least 4 members (excludes halogenated alkanes) is 6. The topological polar surface area (TPSA) is 237 Å². The summed E-state index contributed by atoms with van der Waals surface area (Å²) in [5.74, 6) is 11.5. The van der Waals surface area contributed by atoms with E-state index in [0.29, 0.717) is 34.2 Å². The molecule has 0 aliphatic heterocycles. The van der Waals surface area contributed by atoms with Crippen LogP contribution in [0.5, 0.6) is 92.0 Å². The summed E-state index contributed by atoms with van der Waals surface area (Å²) >= 11 is 9.65. The zero-order valence-corrected chi connectivity index (χ0v) is 92.2. The first-order chi connectivity index (χ1) is 69.0. The maximum Gasteiger partial charge on any atom is 0.194 e. The maximum atomic E-state index is 9.38. The predicted octanol–water partition coefficient (Wildman–Crippen LogP) is 29.5. The first-order valence-electron chi connectivity index (χ1n) is 47.3. The van der Waals surface area contributed by atoms with E-state index in [1.54, 1.807) is 166 Å². The van der Waals surface area contributed by atoms with Crippen LogP contribution in [-0.4, -0.2) is 172 Å². The number of aryl methyl sites for hydroxylation is 2. The minimum absolute atomic E-state index is 0.0335. The summed E-state index contributed by atoms with van der Waals surface area (Å²) in [6.07, 6.45) is 15.0. The lowest BCUT2D eigenvalue weighted by atomic mass is 10.1. The summed E-state index contributed by atoms with van der Waals surface area (Å²) < 4.78 is 93.2. The lowest BCUT2D eigenvalue weighted by Crippen LogP contribution is -2.09. The number of benzene rings is 8. The second-order valence-corrected chi connectivity index (χ2v) is 40.8. The van der Waals surface area contributed by atoms with Gasteiger partial charge < -0.3 is 90.5 Å². The summed E-state index contributed by atoms with van der Waals surface area (Å²) in [5, 5.41) is 12.9. The quantitative estimate of drug-likeness (QED) is 0.0255. The molecule has 0 N–H and O–H groups in total. The largest absolute Gasteiger partial charge is 0.497 e. The number of thiophene rings is 2. The van der Waals surface area contributed by atoms with E-state index in [2.05, 4.69) is 74.6 Å². The fourth-order valence-electron chi connectivity index (χ4n) is 15.9. The zero-order valence-electron chi connectivity index (χ0n) is 87.3. The van der Waals surface area contributed by atoms with Crippen LogP contribution in [0.4, 0.5) is 22.7 Å². The molecule has 14 aromatic rings. The third-order valence-corrected chi connectivity index (χ3v) is 29.4. The lowest BCUT2D eigenvalue weighted by Gasteiger charge is -2.19. The Hall–Kier alpha value is -13.1. The van der Waals surface area contributed by atoms with Gasteiger partial charge in [0.15, 0.2) is 25.7 Å². The van der Waals surface area contributed by atoms with Crippen LogP contribution in [-0.2, 0) is 12.8 Å². The van der Waals surface area contributed by atoms with Gasteiger partial charge in [-0.25, -0.2) is 24.8 Å². The van der Waals surface area contributed by atoms with Crippen LogP contribution >= 0.6 is 68.0 Å². The molecule has 0 saturated heterocycles. The highest BCUT2D eigenvalue weighted by Crippen LogP contribution is 2.57. The number of nitrogens with zero attached hydrogens (tertiary/aromatic N) is 9. The van der Waals surface area contributed by atoms with Crippen LogP contribution in [0, 0.1) is 17.9 Å². The number of aromatic nitrogens is 4. The summed E-state index contributed by atoms with van der Waals surface area (Å²) in [6, 6.07) is 46.9. The molecule has 31 heteroatoms. The Morgan fingerprint density at radius 2 is 0.615 bits per heavy atom. The molecule has 25 nitrogen and oxygen atoms in total. The molecule has 0 atom stereocenters. The van der Waals surface area contributed by atoms with Gasteiger partial charge in [-0.05, 0) is 172 Å². The SMILES string of the molecule is CCCCCCc1nc(-c2nc(CCCCCC)c(-c3c(OC)cccc3OC(C)C)s2)sc1-c1c(OC)cccc1OC(C)C.COc1cc(N(C)C)cc(OC)c1-c1ccc(-c2c(OC)cc(N(C)C)cc2OC)s1.COc1cccc(OC(C)C)c1-c1cnc(-c2ncc(-c3c(OC)cccc3OC(C)C)s2)s1.[C-]#[N+]c1cc(OC)c(-c2cc(N(C)C)c(-c3c(OC)cc(C#N)cc3OC)s2)c(OC)c1. The molecule has 0 spiro atoms. The van der Waals surface area contributed by atoms with Gasteiger partial charge >= 0.3 is 0 Å². The third kappa shape index (κ3) is 26.9. The van der Waals surface area contributed by atoms with E-state index in [9.17, 15) is 5.26 Å². The molecular formula is C112H133N9O16S6. The van der Waals surface area contributed by atoms with Gasteiger partial charge in [0.25, 0.3) is 0 Å². The highest BCUT2D eigenvalue weighted by Gasteiger charge is 2.32. The number of hydrogen-bond acceptors (Lipinski definition) is 30. The normalized spacial score (nSPS) is 10.9. The van der Waals surface area contributed by atoms with E-state index in [0.717, 1.165) is 227 Å². The molecule has 14 rings (SSSR count). The van der Waals surface area contributed by atoms with Crippen molar-refractivity contribution in [3.05, 3.63) is 180 Å². The highest BCUT2D eigenvalue weighted by molar-refractivity contribution is 7.25. The number of thiazole rings is 4. The van der Waals surface area contributed by atoms with Crippen molar-refractivity contribution in [2.45, 2.75) is 158 Å². The van der Waals surface area contributed by atoms with Crippen LogP contribution < -0.4 is 90.5 Å². The van der Waals surface area contributed by atoms with Crippen LogP contribution in [0.2, 0.25) is 0 Å². The minimum Gasteiger partial charge on any atom is -0.497 e. The van der Waals surface area contributed by atoms with Gasteiger partial charge in [0.1, 0.15) is 92.0 Å². The molecule has 8 aromatic carbocycles. The number of rotatable bonds is 43. The van der Waals surface area contributed by atoms with Crippen LogP contribution in [0.15, 0.2) is 152 Å². The van der Waals surface area contributed by atoms with Gasteiger partial charge in [-0.1, -0.05) is 76.6 Å². The van der Waals surface area contributed by atoms with Crippen LogP contribution in [0.25, 0.3) is 108 Å². The Morgan fingerprint density at radius 3 is 0.923 bits per heavy atom. The Bertz CT molecular complexity index is 6260. The Labute approximate surface area is 867 Å². The smallest absolute Gasteiger partial charge is 0.194 e. The molecule has 0 saturated carbocycles. The average Bonchev–Trinajstić information content (AvgIpc) is 1.61. The second kappa shape index (κ2) is 52.7. The van der Waals surface area contributed by atoms with Crippen molar-refractivity contribution < 1.29 is 75.8 Å². The van der Waals surface area contributed by atoms with Crippen molar-refractivity contribution in [3.63, 3.8) is 0 Å². The van der Waals surface area contributed by atoms with E-state index >= 15 is 0 Å². The first-order valence-corrected chi connectivity index (χ1v) is 52.2. The van der Waals surface area contributed by atoms with Gasteiger partial charge in [0.2, 0.25) is 0 Å². The monoisotopic (exact) mass is 2050 g/mol. The first kappa shape index (κ1) is 110. The van der Waals surface area contributed by atoms with E-state index in [-0.39, 0.29) is 24.4 Å². The molecule has 0 unspecified atom stereocenters. The number of anilines is 3. The lowest BCUT2D eigenvalue weighted by molar-refractivity contribution is 0.242. The fourth-order valence-corrected chi connectivity index (χ4v) is 22.7. The zero-order chi connectivity index (χ0) is 103. The fraction of sp³-hybridized carbons (Fsp3) is 0.375. The van der Waals surface area contributed by atoms with Gasteiger partial charge in [-0.3, -0.25) is 0 Å². The molecule has 0 fully saturated rings. The Morgan fingerprint density at radius 1 is 0.315 bits per heavy atom. The Balaban J connectivity index is 0.000000184. The summed E-state index contributed by atoms with van der Waals surface area (Å²) in [7, 11) is 31.6. The molecule has 0 amide bonds.